The molecule has 1 aromatic heterocycles. The fourth-order valence-corrected chi connectivity index (χ4v) is 2.43. The molecule has 0 bridgehead atoms. The van der Waals surface area contributed by atoms with E-state index >= 15 is 0 Å². The lowest BCUT2D eigenvalue weighted by Gasteiger charge is -2.12. The van der Waals surface area contributed by atoms with E-state index in [4.69, 9.17) is 0 Å². The van der Waals surface area contributed by atoms with Crippen LogP contribution in [0.1, 0.15) is 17.0 Å². The predicted octanol–water partition coefficient (Wildman–Crippen LogP) is 3.93. The van der Waals surface area contributed by atoms with Gasteiger partial charge in [0.25, 0.3) is 5.69 Å². The standard InChI is InChI=1S/C15H14F3N5O4/c1-9-5-11(10(2)21(9)8-15(16,17)18)7-19-20-13-4-3-12(22(24)25)6-14(13)23(26)27/h3-7,20H,8H2,1-2H3/b19-7-. The minimum Gasteiger partial charge on any atom is -0.339 e. The monoisotopic (exact) mass is 385 g/mol. The van der Waals surface area contributed by atoms with E-state index in [9.17, 15) is 33.4 Å². The van der Waals surface area contributed by atoms with Crippen LogP contribution in [0.25, 0.3) is 0 Å². The number of nitro benzene ring substituents is 2. The maximum Gasteiger partial charge on any atom is 0.406 e. The number of alkyl halides is 3. The largest absolute Gasteiger partial charge is 0.406 e. The van der Waals surface area contributed by atoms with Crippen molar-refractivity contribution >= 4 is 23.3 Å². The second kappa shape index (κ2) is 7.43. The van der Waals surface area contributed by atoms with Gasteiger partial charge in [0.15, 0.2) is 0 Å². The molecule has 9 nitrogen and oxygen atoms in total. The number of anilines is 1. The summed E-state index contributed by atoms with van der Waals surface area (Å²) in [4.78, 5) is 20.2. The second-order valence-electron chi connectivity index (χ2n) is 5.61. The Bertz CT molecular complexity index is 921. The Morgan fingerprint density at radius 3 is 2.41 bits per heavy atom. The van der Waals surface area contributed by atoms with Gasteiger partial charge in [-0.25, -0.2) is 0 Å². The molecule has 2 rings (SSSR count). The van der Waals surface area contributed by atoms with Crippen molar-refractivity contribution in [3.8, 4) is 0 Å². The summed E-state index contributed by atoms with van der Waals surface area (Å²) in [6.07, 6.45) is -3.15. The highest BCUT2D eigenvalue weighted by molar-refractivity contribution is 5.82. The minimum atomic E-state index is -4.37. The number of halogens is 3. The zero-order chi connectivity index (χ0) is 20.4. The smallest absolute Gasteiger partial charge is 0.339 e. The highest BCUT2D eigenvalue weighted by Crippen LogP contribution is 2.29. The first-order valence-electron chi connectivity index (χ1n) is 7.45. The lowest BCUT2D eigenvalue weighted by molar-refractivity contribution is -0.393. The van der Waals surface area contributed by atoms with Crippen molar-refractivity contribution in [2.45, 2.75) is 26.6 Å². The Kier molecular flexibility index (Phi) is 5.47. The summed E-state index contributed by atoms with van der Waals surface area (Å²) in [5, 5.41) is 25.6. The summed E-state index contributed by atoms with van der Waals surface area (Å²) in [5.74, 6) is 0. The summed E-state index contributed by atoms with van der Waals surface area (Å²) in [6, 6.07) is 4.48. The average molecular weight is 385 g/mol. The van der Waals surface area contributed by atoms with Crippen LogP contribution in [0.4, 0.5) is 30.2 Å². The van der Waals surface area contributed by atoms with Gasteiger partial charge in [0.2, 0.25) is 0 Å². The van der Waals surface area contributed by atoms with Crippen LogP contribution >= 0.6 is 0 Å². The van der Waals surface area contributed by atoms with E-state index in [1.165, 1.54) is 26.1 Å². The molecule has 0 atom stereocenters. The molecule has 0 saturated heterocycles. The van der Waals surface area contributed by atoms with E-state index in [1.54, 1.807) is 0 Å². The van der Waals surface area contributed by atoms with Crippen LogP contribution in [0.2, 0.25) is 0 Å². The summed E-state index contributed by atoms with van der Waals surface area (Å²) < 4.78 is 38.9. The van der Waals surface area contributed by atoms with Gasteiger partial charge in [-0.15, -0.1) is 0 Å². The Morgan fingerprint density at radius 1 is 1.19 bits per heavy atom. The van der Waals surface area contributed by atoms with Crippen LogP contribution in [0.5, 0.6) is 0 Å². The lowest BCUT2D eigenvalue weighted by Crippen LogP contribution is -2.19. The van der Waals surface area contributed by atoms with E-state index in [0.717, 1.165) is 22.8 Å². The van der Waals surface area contributed by atoms with Gasteiger partial charge in [-0.2, -0.15) is 18.3 Å². The molecule has 0 unspecified atom stereocenters. The normalized spacial score (nSPS) is 11.7. The third-order valence-corrected chi connectivity index (χ3v) is 3.73. The van der Waals surface area contributed by atoms with Crippen LogP contribution in [-0.4, -0.2) is 26.8 Å². The van der Waals surface area contributed by atoms with Gasteiger partial charge in [0.05, 0.1) is 22.1 Å². The quantitative estimate of drug-likeness (QED) is 0.459. The van der Waals surface area contributed by atoms with Crippen LogP contribution in [0.15, 0.2) is 29.4 Å². The number of nitro groups is 2. The SMILES string of the molecule is Cc1cc(/C=N\Nc2ccc([N+](=O)[O-])cc2[N+](=O)[O-])c(C)n1CC(F)(F)F. The Morgan fingerprint density at radius 2 is 1.85 bits per heavy atom. The van der Waals surface area contributed by atoms with Gasteiger partial charge in [0.1, 0.15) is 12.2 Å². The minimum absolute atomic E-state index is 0.0917. The van der Waals surface area contributed by atoms with E-state index < -0.39 is 33.9 Å². The maximum absolute atomic E-state index is 12.6. The van der Waals surface area contributed by atoms with Crippen LogP contribution < -0.4 is 5.43 Å². The zero-order valence-corrected chi connectivity index (χ0v) is 14.1. The molecular weight excluding hydrogens is 371 g/mol. The molecule has 0 spiro atoms. The van der Waals surface area contributed by atoms with E-state index in [1.807, 2.05) is 0 Å². The van der Waals surface area contributed by atoms with Crippen LogP contribution in [-0.2, 0) is 6.54 Å². The van der Waals surface area contributed by atoms with Crippen molar-refractivity contribution in [3.05, 3.63) is 61.4 Å². The molecule has 2 aromatic rings. The summed E-state index contributed by atoms with van der Waals surface area (Å²) in [6.45, 7) is 1.87. The molecule has 12 heteroatoms. The molecule has 0 saturated carbocycles. The number of hydrogen-bond donors (Lipinski definition) is 1. The third-order valence-electron chi connectivity index (χ3n) is 3.73. The lowest BCUT2D eigenvalue weighted by atomic mass is 10.2. The van der Waals surface area contributed by atoms with Gasteiger partial charge in [-0.05, 0) is 26.0 Å². The Labute approximate surface area is 150 Å². The first kappa shape index (κ1) is 19.9. The molecule has 0 fully saturated rings. The zero-order valence-electron chi connectivity index (χ0n) is 14.1. The van der Waals surface area contributed by atoms with Gasteiger partial charge >= 0.3 is 11.9 Å². The van der Waals surface area contributed by atoms with Gasteiger partial charge in [-0.1, -0.05) is 0 Å². The fourth-order valence-electron chi connectivity index (χ4n) is 2.43. The number of hydrogen-bond acceptors (Lipinski definition) is 6. The maximum atomic E-state index is 12.6. The van der Waals surface area contributed by atoms with Crippen molar-refractivity contribution < 1.29 is 23.0 Å². The third kappa shape index (κ3) is 4.80. The van der Waals surface area contributed by atoms with Gasteiger partial charge < -0.3 is 4.57 Å². The molecule has 0 aliphatic rings. The summed E-state index contributed by atoms with van der Waals surface area (Å²) >= 11 is 0. The van der Waals surface area contributed by atoms with Gasteiger partial charge in [-0.3, -0.25) is 25.7 Å². The molecule has 1 N–H and O–H groups in total. The molecule has 0 aliphatic heterocycles. The first-order valence-corrected chi connectivity index (χ1v) is 7.45. The van der Waals surface area contributed by atoms with Crippen molar-refractivity contribution in [1.82, 2.24) is 4.57 Å². The number of aryl methyl sites for hydroxylation is 1. The van der Waals surface area contributed by atoms with E-state index in [2.05, 4.69) is 10.5 Å². The second-order valence-corrected chi connectivity index (χ2v) is 5.61. The Balaban J connectivity index is 2.25. The predicted molar refractivity (Wildman–Crippen MR) is 90.9 cm³/mol. The molecule has 1 heterocycles. The van der Waals surface area contributed by atoms with Crippen molar-refractivity contribution in [3.63, 3.8) is 0 Å². The molecule has 0 aliphatic carbocycles. The number of non-ortho nitro benzene ring substituents is 1. The molecule has 0 amide bonds. The molecule has 27 heavy (non-hydrogen) atoms. The fraction of sp³-hybridized carbons (Fsp3) is 0.267. The van der Waals surface area contributed by atoms with Crippen LogP contribution in [0.3, 0.4) is 0 Å². The van der Waals surface area contributed by atoms with Gasteiger partial charge in [0, 0.05) is 23.0 Å². The Hall–Kier alpha value is -3.44. The number of rotatable bonds is 6. The highest BCUT2D eigenvalue weighted by atomic mass is 19.4. The highest BCUT2D eigenvalue weighted by Gasteiger charge is 2.29. The topological polar surface area (TPSA) is 116 Å². The molecule has 144 valence electrons. The average Bonchev–Trinajstić information content (AvgIpc) is 2.81. The number of benzene rings is 1. The first-order chi connectivity index (χ1) is 12.5. The molecule has 1 aromatic carbocycles. The van der Waals surface area contributed by atoms with E-state index in [0.29, 0.717) is 17.0 Å². The number of nitrogens with one attached hydrogen (secondary N) is 1. The van der Waals surface area contributed by atoms with Crippen molar-refractivity contribution in [2.24, 2.45) is 5.10 Å². The number of hydrazone groups is 1. The number of aromatic nitrogens is 1. The van der Waals surface area contributed by atoms with E-state index in [-0.39, 0.29) is 5.69 Å². The number of nitrogens with zero attached hydrogens (tertiary/aromatic N) is 4. The van der Waals surface area contributed by atoms with Crippen molar-refractivity contribution in [2.75, 3.05) is 5.43 Å². The summed E-state index contributed by atoms with van der Waals surface area (Å²) in [5.41, 5.74) is 2.40. The molecule has 0 radical (unpaired) electrons. The van der Waals surface area contributed by atoms with Crippen molar-refractivity contribution in [1.29, 1.82) is 0 Å². The summed E-state index contributed by atoms with van der Waals surface area (Å²) in [7, 11) is 0. The molecular formula is C15H14F3N5O4. The van der Waals surface area contributed by atoms with Crippen LogP contribution in [0, 0.1) is 34.1 Å².